The Bertz CT molecular complexity index is 786. The molecule has 1 aromatic rings. The number of esters is 2. The van der Waals surface area contributed by atoms with E-state index in [2.05, 4.69) is 10.6 Å². The molecule has 0 bridgehead atoms. The molecule has 2 heterocycles. The molecule has 0 unspecified atom stereocenters. The van der Waals surface area contributed by atoms with Gasteiger partial charge in [0.05, 0.1) is 0 Å². The summed E-state index contributed by atoms with van der Waals surface area (Å²) in [6, 6.07) is 5.49. The highest BCUT2D eigenvalue weighted by Crippen LogP contribution is 2.38. The molecule has 0 aliphatic carbocycles. The Balaban J connectivity index is 1.83. The lowest BCUT2D eigenvalue weighted by Crippen LogP contribution is -2.42. The number of hydrogen-bond acceptors (Lipinski definition) is 6. The lowest BCUT2D eigenvalue weighted by Gasteiger charge is -2.32. The van der Waals surface area contributed by atoms with E-state index >= 15 is 0 Å². The van der Waals surface area contributed by atoms with Crippen LogP contribution in [0.4, 0.5) is 11.4 Å². The van der Waals surface area contributed by atoms with Crippen LogP contribution in [0.5, 0.6) is 0 Å². The molecule has 1 aromatic carbocycles. The van der Waals surface area contributed by atoms with Crippen molar-refractivity contribution in [1.29, 1.82) is 0 Å². The minimum Gasteiger partial charge on any atom is -0.419 e. The molecule has 132 valence electrons. The summed E-state index contributed by atoms with van der Waals surface area (Å²) in [6.45, 7) is 6.99. The number of fused-ring (bicyclic) bond motifs is 1. The number of ether oxygens (including phenoxy) is 2. The van der Waals surface area contributed by atoms with Crippen molar-refractivity contribution in [3.8, 4) is 0 Å². The van der Waals surface area contributed by atoms with Gasteiger partial charge in [0, 0.05) is 43.3 Å². The molecule has 0 saturated carbocycles. The van der Waals surface area contributed by atoms with Crippen molar-refractivity contribution in [3.05, 3.63) is 35.5 Å². The van der Waals surface area contributed by atoms with Gasteiger partial charge in [0.1, 0.15) is 0 Å². The van der Waals surface area contributed by atoms with E-state index in [1.54, 1.807) is 6.07 Å². The zero-order valence-corrected chi connectivity index (χ0v) is 14.6. The molecule has 7 heteroatoms. The quantitative estimate of drug-likeness (QED) is 0.486. The molecule has 1 amide bonds. The van der Waals surface area contributed by atoms with Crippen LogP contribution in [0.15, 0.2) is 30.0 Å². The largest absolute Gasteiger partial charge is 0.419 e. The van der Waals surface area contributed by atoms with Crippen molar-refractivity contribution >= 4 is 29.2 Å². The van der Waals surface area contributed by atoms with Gasteiger partial charge in [-0.25, -0.2) is 9.59 Å². The Morgan fingerprint density at radius 1 is 1.08 bits per heavy atom. The SMILES string of the molecule is CC1(C)OC(=O)C(=CNc2ccc3c(c2)NC(=O)CC3(C)C)C(=O)O1. The van der Waals surface area contributed by atoms with Crippen LogP contribution in [0.3, 0.4) is 0 Å². The zero-order valence-electron chi connectivity index (χ0n) is 14.6. The van der Waals surface area contributed by atoms with Gasteiger partial charge in [0.2, 0.25) is 5.91 Å². The number of amides is 1. The monoisotopic (exact) mass is 344 g/mol. The molecule has 2 N–H and O–H groups in total. The second-order valence-corrected chi connectivity index (χ2v) is 7.25. The third-order valence-electron chi connectivity index (χ3n) is 4.13. The lowest BCUT2D eigenvalue weighted by molar-refractivity contribution is -0.222. The van der Waals surface area contributed by atoms with E-state index in [1.807, 2.05) is 26.0 Å². The molecule has 2 aliphatic rings. The first-order valence-electron chi connectivity index (χ1n) is 7.95. The van der Waals surface area contributed by atoms with Gasteiger partial charge >= 0.3 is 11.9 Å². The predicted octanol–water partition coefficient (Wildman–Crippen LogP) is 2.44. The van der Waals surface area contributed by atoms with Crippen LogP contribution in [0.2, 0.25) is 0 Å². The highest BCUT2D eigenvalue weighted by molar-refractivity contribution is 6.15. The lowest BCUT2D eigenvalue weighted by atomic mass is 9.78. The van der Waals surface area contributed by atoms with Crippen LogP contribution in [-0.2, 0) is 29.3 Å². The van der Waals surface area contributed by atoms with Crippen molar-refractivity contribution < 1.29 is 23.9 Å². The van der Waals surface area contributed by atoms with E-state index in [0.717, 1.165) is 5.56 Å². The average Bonchev–Trinajstić information content (AvgIpc) is 2.43. The normalized spacial score (nSPS) is 20.8. The molecule has 0 spiro atoms. The minimum atomic E-state index is -1.27. The highest BCUT2D eigenvalue weighted by Gasteiger charge is 2.39. The van der Waals surface area contributed by atoms with Crippen molar-refractivity contribution in [2.24, 2.45) is 0 Å². The molecular weight excluding hydrogens is 324 g/mol. The highest BCUT2D eigenvalue weighted by atomic mass is 16.7. The van der Waals surface area contributed by atoms with Crippen LogP contribution < -0.4 is 10.6 Å². The molecule has 0 aromatic heterocycles. The summed E-state index contributed by atoms with van der Waals surface area (Å²) in [4.78, 5) is 35.7. The standard InChI is InChI=1S/C18H20N2O5/c1-17(2)8-14(21)20-13-7-10(5-6-12(13)17)19-9-11-15(22)24-18(3,4)25-16(11)23/h5-7,9,19H,8H2,1-4H3,(H,20,21). The number of carbonyl (C=O) groups is 3. The fourth-order valence-electron chi connectivity index (χ4n) is 2.95. The van der Waals surface area contributed by atoms with Crippen LogP contribution >= 0.6 is 0 Å². The molecule has 7 nitrogen and oxygen atoms in total. The molecule has 2 aliphatic heterocycles. The number of carbonyl (C=O) groups excluding carboxylic acids is 3. The summed E-state index contributed by atoms with van der Waals surface area (Å²) < 4.78 is 10.1. The maximum absolute atomic E-state index is 11.9. The maximum Gasteiger partial charge on any atom is 0.350 e. The first kappa shape index (κ1) is 17.0. The summed E-state index contributed by atoms with van der Waals surface area (Å²) in [7, 11) is 0. The Morgan fingerprint density at radius 3 is 2.36 bits per heavy atom. The predicted molar refractivity (Wildman–Crippen MR) is 90.7 cm³/mol. The molecule has 0 radical (unpaired) electrons. The van der Waals surface area contributed by atoms with Crippen molar-refractivity contribution in [2.75, 3.05) is 10.6 Å². The van der Waals surface area contributed by atoms with Crippen LogP contribution in [0, 0.1) is 0 Å². The molecule has 0 atom stereocenters. The van der Waals surface area contributed by atoms with Gasteiger partial charge in [-0.1, -0.05) is 19.9 Å². The van der Waals surface area contributed by atoms with Gasteiger partial charge in [0.25, 0.3) is 5.79 Å². The number of cyclic esters (lactones) is 2. The Hall–Kier alpha value is -2.83. The topological polar surface area (TPSA) is 93.7 Å². The first-order valence-corrected chi connectivity index (χ1v) is 7.95. The zero-order chi connectivity index (χ0) is 18.4. The molecule has 1 fully saturated rings. The van der Waals surface area contributed by atoms with Crippen LogP contribution in [0.1, 0.15) is 39.7 Å². The Kier molecular flexibility index (Phi) is 3.82. The summed E-state index contributed by atoms with van der Waals surface area (Å²) in [5.41, 5.74) is 1.89. The smallest absolute Gasteiger partial charge is 0.350 e. The summed E-state index contributed by atoms with van der Waals surface area (Å²) in [6.07, 6.45) is 1.67. The fourth-order valence-corrected chi connectivity index (χ4v) is 2.95. The van der Waals surface area contributed by atoms with Crippen LogP contribution in [-0.4, -0.2) is 23.6 Å². The van der Waals surface area contributed by atoms with Gasteiger partial charge < -0.3 is 20.1 Å². The van der Waals surface area contributed by atoms with Gasteiger partial charge in [-0.15, -0.1) is 0 Å². The van der Waals surface area contributed by atoms with Gasteiger partial charge in [-0.2, -0.15) is 0 Å². The van der Waals surface area contributed by atoms with E-state index in [-0.39, 0.29) is 16.9 Å². The van der Waals surface area contributed by atoms with Crippen LogP contribution in [0.25, 0.3) is 0 Å². The summed E-state index contributed by atoms with van der Waals surface area (Å²) in [5.74, 6) is -2.82. The number of anilines is 2. The minimum absolute atomic E-state index is 0.0466. The van der Waals surface area contributed by atoms with Crippen molar-refractivity contribution in [1.82, 2.24) is 0 Å². The van der Waals surface area contributed by atoms with E-state index in [9.17, 15) is 14.4 Å². The summed E-state index contributed by atoms with van der Waals surface area (Å²) >= 11 is 0. The van der Waals surface area contributed by atoms with Gasteiger partial charge in [0.15, 0.2) is 5.57 Å². The van der Waals surface area contributed by atoms with Gasteiger partial charge in [-0.3, -0.25) is 4.79 Å². The van der Waals surface area contributed by atoms with E-state index in [4.69, 9.17) is 9.47 Å². The van der Waals surface area contributed by atoms with E-state index < -0.39 is 17.7 Å². The third kappa shape index (κ3) is 3.35. The van der Waals surface area contributed by atoms with E-state index in [1.165, 1.54) is 20.0 Å². The average molecular weight is 344 g/mol. The third-order valence-corrected chi connectivity index (χ3v) is 4.13. The number of rotatable bonds is 2. The number of benzene rings is 1. The molecular formula is C18H20N2O5. The van der Waals surface area contributed by atoms with Gasteiger partial charge in [-0.05, 0) is 17.7 Å². The maximum atomic E-state index is 11.9. The molecule has 1 saturated heterocycles. The first-order chi connectivity index (χ1) is 11.6. The summed E-state index contributed by atoms with van der Waals surface area (Å²) in [5, 5.41) is 5.72. The second-order valence-electron chi connectivity index (χ2n) is 7.25. The number of nitrogens with one attached hydrogen (secondary N) is 2. The molecule has 3 rings (SSSR count). The van der Waals surface area contributed by atoms with Crippen molar-refractivity contribution in [2.45, 2.75) is 45.3 Å². The molecule has 25 heavy (non-hydrogen) atoms. The van der Waals surface area contributed by atoms with E-state index in [0.29, 0.717) is 17.8 Å². The Labute approximate surface area is 145 Å². The number of hydrogen-bond donors (Lipinski definition) is 2. The fraction of sp³-hybridized carbons (Fsp3) is 0.389. The van der Waals surface area contributed by atoms with Crippen molar-refractivity contribution in [3.63, 3.8) is 0 Å². The Morgan fingerprint density at radius 2 is 1.72 bits per heavy atom. The second kappa shape index (κ2) is 5.61.